The number of benzene rings is 1. The standard InChI is InChI=1S/C17H18N2O2/c1-12(16-7-4-10-21-16)19-17(20)9-8-13-11-18-15-6-3-2-5-14(13)15/h2-7,10-12,18H,8-9H2,1H3,(H,19,20)/t12-/m1/s1. The van der Waals surface area contributed by atoms with E-state index in [2.05, 4.69) is 16.4 Å². The van der Waals surface area contributed by atoms with Gasteiger partial charge in [0.25, 0.3) is 0 Å². The predicted molar refractivity (Wildman–Crippen MR) is 81.9 cm³/mol. The molecule has 0 aliphatic carbocycles. The molecule has 1 atom stereocenters. The van der Waals surface area contributed by atoms with Crippen LogP contribution in [0.4, 0.5) is 0 Å². The zero-order valence-corrected chi connectivity index (χ0v) is 11.9. The zero-order chi connectivity index (χ0) is 14.7. The van der Waals surface area contributed by atoms with Crippen molar-refractivity contribution in [3.05, 3.63) is 60.2 Å². The van der Waals surface area contributed by atoms with Crippen molar-refractivity contribution in [1.82, 2.24) is 10.3 Å². The van der Waals surface area contributed by atoms with Crippen molar-refractivity contribution in [3.63, 3.8) is 0 Å². The first kappa shape index (κ1) is 13.5. The lowest BCUT2D eigenvalue weighted by Gasteiger charge is -2.11. The molecule has 0 aliphatic heterocycles. The number of nitrogens with one attached hydrogen (secondary N) is 2. The molecule has 0 radical (unpaired) electrons. The number of rotatable bonds is 5. The second kappa shape index (κ2) is 5.87. The molecule has 0 saturated heterocycles. The van der Waals surface area contributed by atoms with Crippen LogP contribution in [0.3, 0.4) is 0 Å². The van der Waals surface area contributed by atoms with E-state index in [1.165, 1.54) is 10.9 Å². The minimum Gasteiger partial charge on any atom is -0.467 e. The Bertz CT molecular complexity index is 728. The third kappa shape index (κ3) is 2.99. The Balaban J connectivity index is 1.58. The maximum atomic E-state index is 12.0. The van der Waals surface area contributed by atoms with Crippen LogP contribution in [0.5, 0.6) is 0 Å². The third-order valence-corrected chi connectivity index (χ3v) is 3.64. The number of amides is 1. The van der Waals surface area contributed by atoms with E-state index in [0.29, 0.717) is 6.42 Å². The Hall–Kier alpha value is -2.49. The molecule has 21 heavy (non-hydrogen) atoms. The van der Waals surface area contributed by atoms with Crippen molar-refractivity contribution in [3.8, 4) is 0 Å². The number of fused-ring (bicyclic) bond motifs is 1. The minimum absolute atomic E-state index is 0.0316. The largest absolute Gasteiger partial charge is 0.467 e. The van der Waals surface area contributed by atoms with Crippen LogP contribution in [0.15, 0.2) is 53.3 Å². The van der Waals surface area contributed by atoms with Gasteiger partial charge < -0.3 is 14.7 Å². The van der Waals surface area contributed by atoms with Gasteiger partial charge in [-0.3, -0.25) is 4.79 Å². The predicted octanol–water partition coefficient (Wildman–Crippen LogP) is 3.57. The van der Waals surface area contributed by atoms with E-state index in [9.17, 15) is 4.79 Å². The summed E-state index contributed by atoms with van der Waals surface area (Å²) in [6.45, 7) is 1.92. The van der Waals surface area contributed by atoms with Crippen LogP contribution in [-0.2, 0) is 11.2 Å². The summed E-state index contributed by atoms with van der Waals surface area (Å²) in [5.41, 5.74) is 2.28. The maximum Gasteiger partial charge on any atom is 0.220 e. The molecular formula is C17H18N2O2. The van der Waals surface area contributed by atoms with Gasteiger partial charge in [0.1, 0.15) is 5.76 Å². The van der Waals surface area contributed by atoms with Gasteiger partial charge in [-0.25, -0.2) is 0 Å². The second-order valence-corrected chi connectivity index (χ2v) is 5.16. The van der Waals surface area contributed by atoms with Crippen LogP contribution < -0.4 is 5.32 Å². The lowest BCUT2D eigenvalue weighted by atomic mass is 10.1. The van der Waals surface area contributed by atoms with Crippen molar-refractivity contribution in [2.45, 2.75) is 25.8 Å². The molecule has 3 rings (SSSR count). The smallest absolute Gasteiger partial charge is 0.220 e. The van der Waals surface area contributed by atoms with Crippen molar-refractivity contribution in [2.75, 3.05) is 0 Å². The maximum absolute atomic E-state index is 12.0. The molecule has 2 N–H and O–H groups in total. The molecule has 0 fully saturated rings. The van der Waals surface area contributed by atoms with Gasteiger partial charge in [-0.2, -0.15) is 0 Å². The molecule has 1 aromatic carbocycles. The van der Waals surface area contributed by atoms with Crippen LogP contribution in [-0.4, -0.2) is 10.9 Å². The molecule has 0 spiro atoms. The van der Waals surface area contributed by atoms with E-state index >= 15 is 0 Å². The summed E-state index contributed by atoms with van der Waals surface area (Å²) >= 11 is 0. The first-order chi connectivity index (χ1) is 10.2. The fourth-order valence-corrected chi connectivity index (χ4v) is 2.51. The molecule has 108 valence electrons. The van der Waals surface area contributed by atoms with Crippen LogP contribution in [0.25, 0.3) is 10.9 Å². The summed E-state index contributed by atoms with van der Waals surface area (Å²) < 4.78 is 5.28. The lowest BCUT2D eigenvalue weighted by Crippen LogP contribution is -2.26. The summed E-state index contributed by atoms with van der Waals surface area (Å²) in [7, 11) is 0. The summed E-state index contributed by atoms with van der Waals surface area (Å²) in [5.74, 6) is 0.805. The van der Waals surface area contributed by atoms with E-state index in [-0.39, 0.29) is 11.9 Å². The molecule has 3 aromatic rings. The molecule has 2 heterocycles. The Labute approximate surface area is 123 Å². The van der Waals surface area contributed by atoms with Gasteiger partial charge in [0.05, 0.1) is 12.3 Å². The number of furan rings is 1. The van der Waals surface area contributed by atoms with Gasteiger partial charge in [-0.15, -0.1) is 0 Å². The molecule has 4 heteroatoms. The minimum atomic E-state index is -0.101. The zero-order valence-electron chi connectivity index (χ0n) is 11.9. The number of aromatic amines is 1. The SMILES string of the molecule is C[C@@H](NC(=O)CCc1c[nH]c2ccccc12)c1ccco1. The number of H-pyrrole nitrogens is 1. The quantitative estimate of drug-likeness (QED) is 0.751. The lowest BCUT2D eigenvalue weighted by molar-refractivity contribution is -0.121. The highest BCUT2D eigenvalue weighted by Gasteiger charge is 2.12. The van der Waals surface area contributed by atoms with E-state index < -0.39 is 0 Å². The van der Waals surface area contributed by atoms with E-state index in [4.69, 9.17) is 4.42 Å². The van der Waals surface area contributed by atoms with Crippen molar-refractivity contribution in [2.24, 2.45) is 0 Å². The number of carbonyl (C=O) groups excluding carboxylic acids is 1. The van der Waals surface area contributed by atoms with Crippen LogP contribution in [0.1, 0.15) is 30.7 Å². The number of para-hydroxylation sites is 1. The van der Waals surface area contributed by atoms with Gasteiger partial charge in [-0.1, -0.05) is 18.2 Å². The number of hydrogen-bond donors (Lipinski definition) is 2. The van der Waals surface area contributed by atoms with Crippen molar-refractivity contribution >= 4 is 16.8 Å². The van der Waals surface area contributed by atoms with E-state index in [1.807, 2.05) is 43.5 Å². The Morgan fingerprint density at radius 1 is 1.29 bits per heavy atom. The monoisotopic (exact) mass is 282 g/mol. The first-order valence-corrected chi connectivity index (χ1v) is 7.12. The summed E-state index contributed by atoms with van der Waals surface area (Å²) in [4.78, 5) is 15.2. The fraction of sp³-hybridized carbons (Fsp3) is 0.235. The summed E-state index contributed by atoms with van der Waals surface area (Å²) in [6.07, 6.45) is 4.78. The fourth-order valence-electron chi connectivity index (χ4n) is 2.51. The van der Waals surface area contributed by atoms with Gasteiger partial charge in [-0.05, 0) is 37.1 Å². The molecular weight excluding hydrogens is 264 g/mol. The highest BCUT2D eigenvalue weighted by molar-refractivity contribution is 5.84. The first-order valence-electron chi connectivity index (χ1n) is 7.12. The Kier molecular flexibility index (Phi) is 3.77. The van der Waals surface area contributed by atoms with Crippen LogP contribution in [0, 0.1) is 0 Å². The highest BCUT2D eigenvalue weighted by atomic mass is 16.3. The van der Waals surface area contributed by atoms with Crippen LogP contribution >= 0.6 is 0 Å². The number of hydrogen-bond acceptors (Lipinski definition) is 2. The number of aryl methyl sites for hydroxylation is 1. The molecule has 0 unspecified atom stereocenters. The molecule has 1 amide bonds. The average molecular weight is 282 g/mol. The summed E-state index contributed by atoms with van der Waals surface area (Å²) in [5, 5.41) is 4.13. The molecule has 4 nitrogen and oxygen atoms in total. The van der Waals surface area contributed by atoms with Crippen molar-refractivity contribution in [1.29, 1.82) is 0 Å². The topological polar surface area (TPSA) is 58.0 Å². The Morgan fingerprint density at radius 2 is 2.14 bits per heavy atom. The summed E-state index contributed by atoms with van der Waals surface area (Å²) in [6, 6.07) is 11.7. The average Bonchev–Trinajstić information content (AvgIpc) is 3.15. The second-order valence-electron chi connectivity index (χ2n) is 5.16. The third-order valence-electron chi connectivity index (χ3n) is 3.64. The van der Waals surface area contributed by atoms with E-state index in [1.54, 1.807) is 6.26 Å². The number of aromatic nitrogens is 1. The van der Waals surface area contributed by atoms with Gasteiger partial charge in [0.2, 0.25) is 5.91 Å². The van der Waals surface area contributed by atoms with Gasteiger partial charge in [0.15, 0.2) is 0 Å². The Morgan fingerprint density at radius 3 is 2.95 bits per heavy atom. The molecule has 0 bridgehead atoms. The van der Waals surface area contributed by atoms with E-state index in [0.717, 1.165) is 17.7 Å². The van der Waals surface area contributed by atoms with Crippen LogP contribution in [0.2, 0.25) is 0 Å². The number of carbonyl (C=O) groups is 1. The highest BCUT2D eigenvalue weighted by Crippen LogP contribution is 2.19. The van der Waals surface area contributed by atoms with Gasteiger partial charge >= 0.3 is 0 Å². The molecule has 2 aromatic heterocycles. The molecule has 0 saturated carbocycles. The van der Waals surface area contributed by atoms with Crippen molar-refractivity contribution < 1.29 is 9.21 Å². The molecule has 0 aliphatic rings. The van der Waals surface area contributed by atoms with Gasteiger partial charge in [0, 0.05) is 23.5 Å². The normalized spacial score (nSPS) is 12.4.